The highest BCUT2D eigenvalue weighted by molar-refractivity contribution is 4.95. The lowest BCUT2D eigenvalue weighted by atomic mass is 10.0. The third-order valence-electron chi connectivity index (χ3n) is 6.47. The summed E-state index contributed by atoms with van der Waals surface area (Å²) < 4.78 is 0. The van der Waals surface area contributed by atoms with E-state index in [0.717, 1.165) is 0 Å². The Morgan fingerprint density at radius 2 is 0.667 bits per heavy atom. The molecular formula is C30H57. The normalized spacial score (nSPS) is 11.5. The van der Waals surface area contributed by atoms with Crippen LogP contribution in [0.3, 0.4) is 0 Å². The molecule has 0 amide bonds. The van der Waals surface area contributed by atoms with Crippen LogP contribution in [-0.2, 0) is 0 Å². The highest BCUT2D eigenvalue weighted by Crippen LogP contribution is 2.15. The Hall–Kier alpha value is -0.520. The second kappa shape index (κ2) is 28.5. The monoisotopic (exact) mass is 417 g/mol. The molecule has 0 heteroatoms. The van der Waals surface area contributed by atoms with Gasteiger partial charge in [-0.25, -0.2) is 0 Å². The van der Waals surface area contributed by atoms with E-state index in [1.54, 1.807) is 6.08 Å². The smallest absolute Gasteiger partial charge is 0.0348 e. The largest absolute Gasteiger partial charge is 0.0845 e. The van der Waals surface area contributed by atoms with Gasteiger partial charge in [-0.3, -0.25) is 0 Å². The summed E-state index contributed by atoms with van der Waals surface area (Å²) in [6.07, 6.45) is 41.9. The van der Waals surface area contributed by atoms with E-state index in [-0.39, 0.29) is 0 Å². The predicted octanol–water partition coefficient (Wildman–Crippen LogP) is 11.3. The first kappa shape index (κ1) is 29.5. The lowest BCUT2D eigenvalue weighted by molar-refractivity contribution is 0.517. The molecular weight excluding hydrogens is 360 g/mol. The molecule has 0 N–H and O–H groups in total. The summed E-state index contributed by atoms with van der Waals surface area (Å²) in [5.41, 5.74) is 0. The molecule has 30 heavy (non-hydrogen) atoms. The minimum absolute atomic E-state index is 1.19. The van der Waals surface area contributed by atoms with E-state index >= 15 is 0 Å². The molecule has 0 aliphatic carbocycles. The summed E-state index contributed by atoms with van der Waals surface area (Å²) in [5, 5.41) is 0. The number of hydrogen-bond donors (Lipinski definition) is 0. The van der Waals surface area contributed by atoms with Crippen molar-refractivity contribution in [2.45, 2.75) is 167 Å². The van der Waals surface area contributed by atoms with Crippen LogP contribution in [0.1, 0.15) is 167 Å². The van der Waals surface area contributed by atoms with Gasteiger partial charge in [-0.15, -0.1) is 0 Å². The van der Waals surface area contributed by atoms with E-state index in [1.807, 2.05) is 6.08 Å². The molecule has 0 bridgehead atoms. The molecule has 0 spiro atoms. The van der Waals surface area contributed by atoms with Gasteiger partial charge in [0.1, 0.15) is 0 Å². The zero-order valence-corrected chi connectivity index (χ0v) is 21.0. The van der Waals surface area contributed by atoms with Crippen LogP contribution < -0.4 is 0 Å². The van der Waals surface area contributed by atoms with Gasteiger partial charge in [0.2, 0.25) is 0 Å². The van der Waals surface area contributed by atoms with Crippen molar-refractivity contribution in [1.29, 1.82) is 0 Å². The van der Waals surface area contributed by atoms with Crippen molar-refractivity contribution in [2.75, 3.05) is 0 Å². The van der Waals surface area contributed by atoms with Crippen LogP contribution >= 0.6 is 0 Å². The Balaban J connectivity index is 3.00. The van der Waals surface area contributed by atoms with Crippen molar-refractivity contribution in [3.05, 3.63) is 24.8 Å². The van der Waals surface area contributed by atoms with E-state index in [2.05, 4.69) is 13.0 Å². The zero-order chi connectivity index (χ0) is 21.8. The molecule has 0 heterocycles. The van der Waals surface area contributed by atoms with E-state index in [0.29, 0.717) is 0 Å². The van der Waals surface area contributed by atoms with Crippen LogP contribution in [0.4, 0.5) is 0 Å². The molecule has 0 aromatic heterocycles. The number of allylic oxidation sites excluding steroid dienone is 3. The molecule has 0 nitrogen and oxygen atoms in total. The second-order valence-corrected chi connectivity index (χ2v) is 9.54. The molecule has 0 aliphatic rings. The molecule has 0 saturated carbocycles. The maximum absolute atomic E-state index is 5.32. The van der Waals surface area contributed by atoms with E-state index < -0.39 is 0 Å². The van der Waals surface area contributed by atoms with Gasteiger partial charge in [0.05, 0.1) is 0 Å². The number of rotatable bonds is 26. The van der Waals surface area contributed by atoms with Crippen molar-refractivity contribution < 1.29 is 0 Å². The van der Waals surface area contributed by atoms with Gasteiger partial charge in [-0.2, -0.15) is 0 Å². The zero-order valence-electron chi connectivity index (χ0n) is 21.0. The molecule has 0 rings (SSSR count). The van der Waals surface area contributed by atoms with Crippen LogP contribution in [0, 0.1) is 6.58 Å². The summed E-state index contributed by atoms with van der Waals surface area (Å²) >= 11 is 0. The molecule has 0 aromatic rings. The lowest BCUT2D eigenvalue weighted by Crippen LogP contribution is -1.84. The first-order chi connectivity index (χ1) is 14.9. The van der Waals surface area contributed by atoms with Gasteiger partial charge in [-0.1, -0.05) is 179 Å². The maximum Gasteiger partial charge on any atom is -0.0348 e. The van der Waals surface area contributed by atoms with Crippen LogP contribution in [0.5, 0.6) is 0 Å². The minimum Gasteiger partial charge on any atom is -0.0845 e. The van der Waals surface area contributed by atoms with Crippen LogP contribution in [0.2, 0.25) is 0 Å². The molecule has 0 aliphatic heterocycles. The van der Waals surface area contributed by atoms with Crippen LogP contribution in [0.25, 0.3) is 0 Å². The average Bonchev–Trinajstić information content (AvgIpc) is 2.76. The second-order valence-electron chi connectivity index (χ2n) is 9.54. The fraction of sp³-hybridized carbons (Fsp3) is 0.867. The van der Waals surface area contributed by atoms with Gasteiger partial charge < -0.3 is 0 Å². The standard InChI is InChI=1S/C30H57/c1-3-5-7-9-11-13-15-17-19-21-23-25-27-29-30-28-26-24-22-20-18-16-14-12-10-8-6-4-2/h1,3,5,7H,4,6,8-30H2,2H3/b3-1?,7-5+. The highest BCUT2D eigenvalue weighted by atomic mass is 14.0. The highest BCUT2D eigenvalue weighted by Gasteiger charge is 1.96. The number of hydrogen-bond acceptors (Lipinski definition) is 0. The Labute approximate surface area is 192 Å². The summed E-state index contributed by atoms with van der Waals surface area (Å²) in [6, 6.07) is 0. The van der Waals surface area contributed by atoms with Gasteiger partial charge in [0.15, 0.2) is 0 Å². The van der Waals surface area contributed by atoms with Gasteiger partial charge in [-0.05, 0) is 12.8 Å². The predicted molar refractivity (Wildman–Crippen MR) is 139 cm³/mol. The fourth-order valence-corrected chi connectivity index (χ4v) is 4.40. The third kappa shape index (κ3) is 27.5. The molecule has 0 saturated heterocycles. The van der Waals surface area contributed by atoms with Gasteiger partial charge in [0, 0.05) is 0 Å². The Morgan fingerprint density at radius 3 is 0.933 bits per heavy atom. The first-order valence-corrected chi connectivity index (χ1v) is 14.1. The Morgan fingerprint density at radius 1 is 0.400 bits per heavy atom. The quantitative estimate of drug-likeness (QED) is 0.0969. The SMILES string of the molecule is [CH]=C/C=C/CCCCCCCCCCCCCCCCCCCCCCCCCC. The number of unbranched alkanes of at least 4 members (excludes halogenated alkanes) is 24. The third-order valence-corrected chi connectivity index (χ3v) is 6.47. The van der Waals surface area contributed by atoms with Gasteiger partial charge in [0.25, 0.3) is 0 Å². The summed E-state index contributed by atoms with van der Waals surface area (Å²) in [7, 11) is 0. The Bertz CT molecular complexity index is 327. The van der Waals surface area contributed by atoms with Crippen LogP contribution in [-0.4, -0.2) is 0 Å². The molecule has 0 unspecified atom stereocenters. The lowest BCUT2D eigenvalue weighted by Gasteiger charge is -2.04. The van der Waals surface area contributed by atoms with E-state index in [1.165, 1.54) is 161 Å². The van der Waals surface area contributed by atoms with Crippen molar-refractivity contribution in [1.82, 2.24) is 0 Å². The molecule has 0 fully saturated rings. The summed E-state index contributed by atoms with van der Waals surface area (Å²) in [4.78, 5) is 0. The molecule has 1 radical (unpaired) electrons. The van der Waals surface area contributed by atoms with E-state index in [9.17, 15) is 0 Å². The van der Waals surface area contributed by atoms with Crippen molar-refractivity contribution in [3.8, 4) is 0 Å². The van der Waals surface area contributed by atoms with Crippen molar-refractivity contribution >= 4 is 0 Å². The molecule has 0 aromatic carbocycles. The molecule has 0 atom stereocenters. The average molecular weight is 418 g/mol. The topological polar surface area (TPSA) is 0 Å². The minimum atomic E-state index is 1.19. The van der Waals surface area contributed by atoms with Crippen LogP contribution in [0.15, 0.2) is 18.2 Å². The fourth-order valence-electron chi connectivity index (χ4n) is 4.40. The first-order valence-electron chi connectivity index (χ1n) is 14.1. The summed E-state index contributed by atoms with van der Waals surface area (Å²) in [6.45, 7) is 7.62. The summed E-state index contributed by atoms with van der Waals surface area (Å²) in [5.74, 6) is 0. The van der Waals surface area contributed by atoms with Crippen molar-refractivity contribution in [3.63, 3.8) is 0 Å². The molecule has 177 valence electrons. The van der Waals surface area contributed by atoms with Crippen molar-refractivity contribution in [2.24, 2.45) is 0 Å². The Kier molecular flexibility index (Phi) is 28.0. The van der Waals surface area contributed by atoms with E-state index in [4.69, 9.17) is 6.58 Å². The van der Waals surface area contributed by atoms with Gasteiger partial charge >= 0.3 is 0 Å². The maximum atomic E-state index is 5.32.